The number of nitrogens with zero attached hydrogens (tertiary/aromatic N) is 1. The Morgan fingerprint density at radius 3 is 2.73 bits per heavy atom. The van der Waals surface area contributed by atoms with Gasteiger partial charge in [-0.05, 0) is 18.6 Å². The molecular formula is C11H12N2OS. The number of aromatic amines is 1. The van der Waals surface area contributed by atoms with E-state index in [0.29, 0.717) is 0 Å². The van der Waals surface area contributed by atoms with Gasteiger partial charge in [0.2, 0.25) is 0 Å². The maximum Gasteiger partial charge on any atom is 0.120 e. The molecule has 1 unspecified atom stereocenters. The van der Waals surface area contributed by atoms with Crippen molar-refractivity contribution in [2.24, 2.45) is 0 Å². The fraction of sp³-hybridized carbons (Fsp3) is 0.182. The molecular weight excluding hydrogens is 208 g/mol. The SMILES string of the molecule is CC(S)c1ccc(-c2cn[nH]c2)cc1O. The zero-order valence-electron chi connectivity index (χ0n) is 8.31. The molecule has 4 heteroatoms. The number of H-pyrrole nitrogens is 1. The van der Waals surface area contributed by atoms with Crippen molar-refractivity contribution in [3.8, 4) is 16.9 Å². The van der Waals surface area contributed by atoms with Crippen LogP contribution in [0.2, 0.25) is 0 Å². The third-order valence-electron chi connectivity index (χ3n) is 2.31. The summed E-state index contributed by atoms with van der Waals surface area (Å²) in [7, 11) is 0. The summed E-state index contributed by atoms with van der Waals surface area (Å²) in [4.78, 5) is 0. The molecule has 0 amide bonds. The van der Waals surface area contributed by atoms with E-state index in [1.54, 1.807) is 18.5 Å². The lowest BCUT2D eigenvalue weighted by atomic mass is 10.0. The topological polar surface area (TPSA) is 48.9 Å². The fourth-order valence-electron chi connectivity index (χ4n) is 1.49. The summed E-state index contributed by atoms with van der Waals surface area (Å²) in [6, 6.07) is 5.56. The molecule has 0 radical (unpaired) electrons. The first kappa shape index (κ1) is 10.1. The van der Waals surface area contributed by atoms with Crippen LogP contribution in [-0.4, -0.2) is 15.3 Å². The monoisotopic (exact) mass is 220 g/mol. The molecule has 0 aliphatic heterocycles. The summed E-state index contributed by atoms with van der Waals surface area (Å²) < 4.78 is 0. The maximum atomic E-state index is 9.78. The quantitative estimate of drug-likeness (QED) is 0.681. The first-order valence-electron chi connectivity index (χ1n) is 4.68. The minimum Gasteiger partial charge on any atom is -0.508 e. The number of phenols is 1. The van der Waals surface area contributed by atoms with Gasteiger partial charge in [0, 0.05) is 22.6 Å². The third-order valence-corrected chi connectivity index (χ3v) is 2.59. The Morgan fingerprint density at radius 2 is 2.20 bits per heavy atom. The van der Waals surface area contributed by atoms with Crippen molar-refractivity contribution in [2.45, 2.75) is 12.2 Å². The van der Waals surface area contributed by atoms with Gasteiger partial charge in [-0.3, -0.25) is 5.10 Å². The van der Waals surface area contributed by atoms with E-state index >= 15 is 0 Å². The van der Waals surface area contributed by atoms with E-state index < -0.39 is 0 Å². The lowest BCUT2D eigenvalue weighted by Crippen LogP contribution is -1.86. The van der Waals surface area contributed by atoms with Gasteiger partial charge in [0.15, 0.2) is 0 Å². The average Bonchev–Trinajstić information content (AvgIpc) is 2.69. The van der Waals surface area contributed by atoms with Crippen LogP contribution in [0, 0.1) is 0 Å². The Bertz CT molecular complexity index is 452. The van der Waals surface area contributed by atoms with E-state index in [1.165, 1.54) is 0 Å². The fourth-order valence-corrected chi connectivity index (χ4v) is 1.70. The van der Waals surface area contributed by atoms with E-state index in [0.717, 1.165) is 16.7 Å². The van der Waals surface area contributed by atoms with Crippen LogP contribution in [-0.2, 0) is 0 Å². The van der Waals surface area contributed by atoms with Crippen LogP contribution in [0.5, 0.6) is 5.75 Å². The standard InChI is InChI=1S/C11H12N2OS/c1-7(15)10-3-2-8(4-11(10)14)9-5-12-13-6-9/h2-7,14-15H,1H3,(H,12,13). The van der Waals surface area contributed by atoms with Gasteiger partial charge in [0.1, 0.15) is 5.75 Å². The zero-order chi connectivity index (χ0) is 10.8. The lowest BCUT2D eigenvalue weighted by Gasteiger charge is -2.08. The Hall–Kier alpha value is -1.42. The normalized spacial score (nSPS) is 12.7. The van der Waals surface area contributed by atoms with Gasteiger partial charge < -0.3 is 5.11 Å². The molecule has 1 aromatic carbocycles. The number of aromatic nitrogens is 2. The Labute approximate surface area is 93.6 Å². The number of aromatic hydroxyl groups is 1. The number of hydrogen-bond acceptors (Lipinski definition) is 3. The van der Waals surface area contributed by atoms with Gasteiger partial charge in [-0.25, -0.2) is 0 Å². The van der Waals surface area contributed by atoms with Crippen LogP contribution >= 0.6 is 12.6 Å². The highest BCUT2D eigenvalue weighted by Gasteiger charge is 2.08. The van der Waals surface area contributed by atoms with Crippen molar-refractivity contribution < 1.29 is 5.11 Å². The van der Waals surface area contributed by atoms with Gasteiger partial charge in [0.25, 0.3) is 0 Å². The highest BCUT2D eigenvalue weighted by molar-refractivity contribution is 7.80. The predicted octanol–water partition coefficient (Wildman–Crippen LogP) is 2.77. The summed E-state index contributed by atoms with van der Waals surface area (Å²) in [5.74, 6) is 0.274. The molecule has 3 nitrogen and oxygen atoms in total. The minimum absolute atomic E-state index is 0.0309. The van der Waals surface area contributed by atoms with Crippen LogP contribution in [0.3, 0.4) is 0 Å². The van der Waals surface area contributed by atoms with Crippen LogP contribution in [0.25, 0.3) is 11.1 Å². The van der Waals surface area contributed by atoms with E-state index in [2.05, 4.69) is 22.8 Å². The number of benzene rings is 1. The molecule has 15 heavy (non-hydrogen) atoms. The molecule has 0 bridgehead atoms. The number of rotatable bonds is 2. The molecule has 0 aliphatic rings. The summed E-state index contributed by atoms with van der Waals surface area (Å²) in [5, 5.41) is 16.4. The van der Waals surface area contributed by atoms with Gasteiger partial charge in [0.05, 0.1) is 6.20 Å². The maximum absolute atomic E-state index is 9.78. The van der Waals surface area contributed by atoms with Crippen molar-refractivity contribution in [1.82, 2.24) is 10.2 Å². The van der Waals surface area contributed by atoms with E-state index in [9.17, 15) is 5.11 Å². The van der Waals surface area contributed by atoms with Gasteiger partial charge in [-0.2, -0.15) is 17.7 Å². The minimum atomic E-state index is 0.0309. The molecule has 1 heterocycles. The van der Waals surface area contributed by atoms with E-state index in [4.69, 9.17) is 0 Å². The molecule has 1 aromatic heterocycles. The number of thiol groups is 1. The molecule has 0 spiro atoms. The molecule has 2 N–H and O–H groups in total. The largest absolute Gasteiger partial charge is 0.508 e. The third kappa shape index (κ3) is 1.99. The molecule has 0 saturated carbocycles. The molecule has 78 valence electrons. The smallest absolute Gasteiger partial charge is 0.120 e. The average molecular weight is 220 g/mol. The van der Waals surface area contributed by atoms with Crippen LogP contribution in [0.15, 0.2) is 30.6 Å². The van der Waals surface area contributed by atoms with Gasteiger partial charge in [-0.1, -0.05) is 12.1 Å². The van der Waals surface area contributed by atoms with Crippen molar-refractivity contribution in [2.75, 3.05) is 0 Å². The summed E-state index contributed by atoms with van der Waals surface area (Å²) in [6.07, 6.45) is 3.51. The summed E-state index contributed by atoms with van der Waals surface area (Å²) in [5.41, 5.74) is 2.74. The van der Waals surface area contributed by atoms with Crippen molar-refractivity contribution in [1.29, 1.82) is 0 Å². The summed E-state index contributed by atoms with van der Waals surface area (Å²) >= 11 is 4.29. The van der Waals surface area contributed by atoms with Crippen molar-refractivity contribution in [3.63, 3.8) is 0 Å². The van der Waals surface area contributed by atoms with Crippen LogP contribution < -0.4 is 0 Å². The van der Waals surface area contributed by atoms with Crippen molar-refractivity contribution in [3.05, 3.63) is 36.2 Å². The van der Waals surface area contributed by atoms with E-state index in [-0.39, 0.29) is 11.0 Å². The lowest BCUT2D eigenvalue weighted by molar-refractivity contribution is 0.469. The van der Waals surface area contributed by atoms with E-state index in [1.807, 2.05) is 19.1 Å². The highest BCUT2D eigenvalue weighted by atomic mass is 32.1. The number of phenolic OH excluding ortho intramolecular Hbond substituents is 1. The number of nitrogens with one attached hydrogen (secondary N) is 1. The second-order valence-electron chi connectivity index (χ2n) is 3.44. The first-order valence-corrected chi connectivity index (χ1v) is 5.20. The number of hydrogen-bond donors (Lipinski definition) is 3. The highest BCUT2D eigenvalue weighted by Crippen LogP contribution is 2.31. The molecule has 2 aromatic rings. The van der Waals surface area contributed by atoms with Crippen LogP contribution in [0.4, 0.5) is 0 Å². The first-order chi connectivity index (χ1) is 7.18. The predicted molar refractivity (Wildman–Crippen MR) is 63.1 cm³/mol. The zero-order valence-corrected chi connectivity index (χ0v) is 9.20. The molecule has 1 atom stereocenters. The molecule has 0 fully saturated rings. The summed E-state index contributed by atoms with van der Waals surface area (Å²) in [6.45, 7) is 1.93. The second-order valence-corrected chi connectivity index (χ2v) is 4.21. The van der Waals surface area contributed by atoms with Gasteiger partial charge in [-0.15, -0.1) is 0 Å². The molecule has 0 saturated heterocycles. The van der Waals surface area contributed by atoms with Crippen LogP contribution in [0.1, 0.15) is 17.7 Å². The van der Waals surface area contributed by atoms with Crippen molar-refractivity contribution >= 4 is 12.6 Å². The Morgan fingerprint density at radius 1 is 1.40 bits per heavy atom. The molecule has 2 rings (SSSR count). The Kier molecular flexibility index (Phi) is 2.68. The Balaban J connectivity index is 2.42. The molecule has 0 aliphatic carbocycles. The van der Waals surface area contributed by atoms with Gasteiger partial charge >= 0.3 is 0 Å². The second kappa shape index (κ2) is 3.98.